The third kappa shape index (κ3) is 30.0. The molecule has 0 unspecified atom stereocenters. The van der Waals surface area contributed by atoms with E-state index in [1.54, 1.807) is 0 Å². The Morgan fingerprint density at radius 1 is 0.652 bits per heavy atom. The Labute approximate surface area is 145 Å². The van der Waals surface area contributed by atoms with E-state index < -0.39 is 5.97 Å². The van der Waals surface area contributed by atoms with Crippen molar-refractivity contribution in [2.75, 3.05) is 6.54 Å². The summed E-state index contributed by atoms with van der Waals surface area (Å²) in [5, 5.41) is 8.27. The summed E-state index contributed by atoms with van der Waals surface area (Å²) in [6.45, 7) is 5.29. The van der Waals surface area contributed by atoms with Crippen molar-refractivity contribution in [3.05, 3.63) is 0 Å². The van der Waals surface area contributed by atoms with E-state index in [1.165, 1.54) is 83.5 Å². The molecule has 0 aliphatic heterocycles. The quantitative estimate of drug-likeness (QED) is 0.327. The minimum Gasteiger partial charge on any atom is -0.481 e. The van der Waals surface area contributed by atoms with E-state index in [9.17, 15) is 4.79 Å². The lowest BCUT2D eigenvalue weighted by atomic mass is 10.1. The minimum absolute atomic E-state index is 0.337. The van der Waals surface area contributed by atoms with E-state index >= 15 is 0 Å². The lowest BCUT2D eigenvalue weighted by molar-refractivity contribution is -0.137. The predicted octanol–water partition coefficient (Wildman–Crippen LogP) is 6.30. The smallest absolute Gasteiger partial charge is 0.303 e. The van der Waals surface area contributed by atoms with Gasteiger partial charge in [0.25, 0.3) is 0 Å². The number of unbranched alkanes of at least 4 members (excludes halogenated alkanes) is 13. The zero-order valence-corrected chi connectivity index (χ0v) is 16.0. The lowest BCUT2D eigenvalue weighted by Gasteiger charge is -2.00. The van der Waals surface area contributed by atoms with Crippen LogP contribution in [0.4, 0.5) is 0 Å². The number of carboxylic acid groups (broad SMARTS) is 1. The molecule has 0 spiro atoms. The molecular weight excluding hydrogens is 286 g/mol. The van der Waals surface area contributed by atoms with Crippen molar-refractivity contribution in [3.63, 3.8) is 0 Å². The second-order valence-corrected chi connectivity index (χ2v) is 6.53. The Kier molecular flexibility index (Phi) is 25.4. The van der Waals surface area contributed by atoms with Gasteiger partial charge in [-0.2, -0.15) is 0 Å². The molecule has 0 aliphatic rings. The van der Waals surface area contributed by atoms with E-state index in [2.05, 4.69) is 13.8 Å². The maximum Gasteiger partial charge on any atom is 0.303 e. The van der Waals surface area contributed by atoms with Gasteiger partial charge in [0.15, 0.2) is 0 Å². The van der Waals surface area contributed by atoms with Crippen molar-refractivity contribution < 1.29 is 9.90 Å². The van der Waals surface area contributed by atoms with E-state index in [-0.39, 0.29) is 0 Å². The molecule has 23 heavy (non-hydrogen) atoms. The molecule has 0 atom stereocenters. The molecule has 0 aromatic rings. The second-order valence-electron chi connectivity index (χ2n) is 6.53. The number of nitrogens with two attached hydrogens (primary N) is 1. The first kappa shape index (κ1) is 24.7. The maximum atomic E-state index is 10.0. The molecule has 0 aliphatic carbocycles. The molecule has 0 aromatic heterocycles. The molecule has 3 nitrogen and oxygen atoms in total. The van der Waals surface area contributed by atoms with Crippen LogP contribution in [0.2, 0.25) is 0 Å². The molecule has 0 amide bonds. The van der Waals surface area contributed by atoms with Crippen molar-refractivity contribution >= 4 is 5.97 Å². The lowest BCUT2D eigenvalue weighted by Crippen LogP contribution is -1.97. The first-order chi connectivity index (χ1) is 11.2. The molecule has 0 rings (SSSR count). The molecule has 0 bridgehead atoms. The van der Waals surface area contributed by atoms with Crippen molar-refractivity contribution in [1.82, 2.24) is 0 Å². The molecule has 0 saturated carbocycles. The summed E-state index contributed by atoms with van der Waals surface area (Å²) in [6.07, 6.45) is 19.8. The van der Waals surface area contributed by atoms with E-state index in [4.69, 9.17) is 10.8 Å². The summed E-state index contributed by atoms with van der Waals surface area (Å²) in [5.74, 6) is -0.670. The monoisotopic (exact) mass is 329 g/mol. The Bertz CT molecular complexity index is 210. The Morgan fingerprint density at radius 2 is 1.00 bits per heavy atom. The van der Waals surface area contributed by atoms with Gasteiger partial charge in [0, 0.05) is 6.42 Å². The molecule has 3 heteroatoms. The molecule has 0 heterocycles. The van der Waals surface area contributed by atoms with Gasteiger partial charge in [-0.3, -0.25) is 4.79 Å². The van der Waals surface area contributed by atoms with Crippen LogP contribution in [0.3, 0.4) is 0 Å². The number of hydrogen-bond donors (Lipinski definition) is 2. The minimum atomic E-state index is -0.670. The Balaban J connectivity index is 0. The molecule has 3 N–H and O–H groups in total. The van der Waals surface area contributed by atoms with Crippen molar-refractivity contribution in [3.8, 4) is 0 Å². The summed E-state index contributed by atoms with van der Waals surface area (Å²) in [7, 11) is 0. The van der Waals surface area contributed by atoms with Gasteiger partial charge >= 0.3 is 5.97 Å². The average molecular weight is 330 g/mol. The van der Waals surface area contributed by atoms with Gasteiger partial charge in [-0.05, 0) is 19.4 Å². The number of hydrogen-bond acceptors (Lipinski definition) is 2. The van der Waals surface area contributed by atoms with Gasteiger partial charge in [0.1, 0.15) is 0 Å². The average Bonchev–Trinajstić information content (AvgIpc) is 2.53. The highest BCUT2D eigenvalue weighted by Gasteiger charge is 1.94. The number of carboxylic acids is 1. The normalized spacial score (nSPS) is 10.2. The highest BCUT2D eigenvalue weighted by molar-refractivity contribution is 5.66. The van der Waals surface area contributed by atoms with Gasteiger partial charge in [0.05, 0.1) is 0 Å². The highest BCUT2D eigenvalue weighted by Crippen LogP contribution is 2.09. The van der Waals surface area contributed by atoms with Crippen LogP contribution < -0.4 is 5.73 Å². The summed E-state index contributed by atoms with van der Waals surface area (Å²) in [6, 6.07) is 0. The molecule has 0 saturated heterocycles. The first-order valence-corrected chi connectivity index (χ1v) is 10.1. The Hall–Kier alpha value is -0.570. The van der Waals surface area contributed by atoms with Crippen molar-refractivity contribution in [1.29, 1.82) is 0 Å². The summed E-state index contributed by atoms with van der Waals surface area (Å²) >= 11 is 0. The van der Waals surface area contributed by atoms with Crippen LogP contribution in [0.25, 0.3) is 0 Å². The standard InChI is InChI=1S/C12H27N.C8H16O2/c1-2-3-4-5-6-7-8-9-10-11-12-13;1-2-3-4-5-6-7-8(9)10/h2-13H2,1H3;2-7H2,1H3,(H,9,10). The fraction of sp³-hybridized carbons (Fsp3) is 0.950. The van der Waals surface area contributed by atoms with Crippen LogP contribution in [-0.4, -0.2) is 17.6 Å². The molecule has 140 valence electrons. The van der Waals surface area contributed by atoms with Gasteiger partial charge in [-0.1, -0.05) is 97.3 Å². The van der Waals surface area contributed by atoms with Crippen molar-refractivity contribution in [2.45, 2.75) is 117 Å². The molecule has 0 aromatic carbocycles. The van der Waals surface area contributed by atoms with Crippen LogP contribution in [0.5, 0.6) is 0 Å². The zero-order valence-electron chi connectivity index (χ0n) is 16.0. The first-order valence-electron chi connectivity index (χ1n) is 10.1. The fourth-order valence-electron chi connectivity index (χ4n) is 2.51. The van der Waals surface area contributed by atoms with Crippen molar-refractivity contribution in [2.24, 2.45) is 5.73 Å². The van der Waals surface area contributed by atoms with Crippen LogP contribution in [0.15, 0.2) is 0 Å². The fourth-order valence-corrected chi connectivity index (χ4v) is 2.51. The topological polar surface area (TPSA) is 63.3 Å². The summed E-state index contributed by atoms with van der Waals surface area (Å²) in [5.41, 5.74) is 5.42. The van der Waals surface area contributed by atoms with Crippen LogP contribution in [0.1, 0.15) is 117 Å². The van der Waals surface area contributed by atoms with Gasteiger partial charge < -0.3 is 10.8 Å². The number of aliphatic carboxylic acids is 1. The van der Waals surface area contributed by atoms with E-state index in [0.29, 0.717) is 6.42 Å². The molecule has 0 fully saturated rings. The third-order valence-electron chi connectivity index (χ3n) is 4.05. The second kappa shape index (κ2) is 23.7. The van der Waals surface area contributed by atoms with Crippen LogP contribution in [0, 0.1) is 0 Å². The SMILES string of the molecule is CCCCCCCC(=O)O.CCCCCCCCCCCCN. The molecule has 0 radical (unpaired) electrons. The maximum absolute atomic E-state index is 10.0. The number of rotatable bonds is 16. The van der Waals surface area contributed by atoms with Gasteiger partial charge in [-0.15, -0.1) is 0 Å². The van der Waals surface area contributed by atoms with E-state index in [0.717, 1.165) is 19.4 Å². The Morgan fingerprint density at radius 3 is 1.35 bits per heavy atom. The summed E-state index contributed by atoms with van der Waals surface area (Å²) in [4.78, 5) is 10.0. The van der Waals surface area contributed by atoms with E-state index in [1.807, 2.05) is 0 Å². The zero-order chi connectivity index (χ0) is 17.6. The number of carbonyl (C=O) groups is 1. The molecular formula is C20H43NO2. The van der Waals surface area contributed by atoms with Gasteiger partial charge in [0.2, 0.25) is 0 Å². The summed E-state index contributed by atoms with van der Waals surface area (Å²) < 4.78 is 0. The highest BCUT2D eigenvalue weighted by atomic mass is 16.4. The third-order valence-corrected chi connectivity index (χ3v) is 4.05. The van der Waals surface area contributed by atoms with Crippen LogP contribution in [-0.2, 0) is 4.79 Å². The largest absolute Gasteiger partial charge is 0.481 e. The predicted molar refractivity (Wildman–Crippen MR) is 102 cm³/mol. The van der Waals surface area contributed by atoms with Crippen LogP contribution >= 0.6 is 0 Å². The van der Waals surface area contributed by atoms with Gasteiger partial charge in [-0.25, -0.2) is 0 Å².